The van der Waals surface area contributed by atoms with Crippen LogP contribution in [0.2, 0.25) is 0 Å². The van der Waals surface area contributed by atoms with E-state index in [0.29, 0.717) is 13.2 Å². The molecule has 7 heteroatoms. The molecule has 0 saturated carbocycles. The smallest absolute Gasteiger partial charge is 0.122 e. The summed E-state index contributed by atoms with van der Waals surface area (Å²) < 4.78 is 11.5. The first-order valence-electron chi connectivity index (χ1n) is 11.5. The minimum absolute atomic E-state index is 0.153. The van der Waals surface area contributed by atoms with Crippen LogP contribution in [0.5, 0.6) is 11.5 Å². The molecule has 0 bridgehead atoms. The number of hydrogen-bond acceptors (Lipinski definition) is 6. The highest BCUT2D eigenvalue weighted by Crippen LogP contribution is 2.34. The summed E-state index contributed by atoms with van der Waals surface area (Å²) in [7, 11) is 0. The van der Waals surface area contributed by atoms with E-state index in [1.807, 2.05) is 36.9 Å². The minimum atomic E-state index is -0.673. The van der Waals surface area contributed by atoms with Gasteiger partial charge in [-0.05, 0) is 41.8 Å². The van der Waals surface area contributed by atoms with Gasteiger partial charge in [0.15, 0.2) is 0 Å². The Morgan fingerprint density at radius 2 is 1.61 bits per heavy atom. The summed E-state index contributed by atoms with van der Waals surface area (Å²) >= 11 is 7.61. The zero-order valence-electron chi connectivity index (χ0n) is 19.8. The summed E-state index contributed by atoms with van der Waals surface area (Å²) in [4.78, 5) is 2.30. The summed E-state index contributed by atoms with van der Waals surface area (Å²) in [5.41, 5.74) is 3.16. The van der Waals surface area contributed by atoms with Gasteiger partial charge in [-0.15, -0.1) is 11.6 Å². The Morgan fingerprint density at radius 3 is 2.24 bits per heavy atom. The van der Waals surface area contributed by atoms with E-state index in [2.05, 4.69) is 43.0 Å². The fraction of sp³-hybridized carbons (Fsp3) is 0.538. The predicted molar refractivity (Wildman–Crippen MR) is 137 cm³/mol. The lowest BCUT2D eigenvalue weighted by molar-refractivity contribution is 0.0715. The zero-order valence-corrected chi connectivity index (χ0v) is 21.4. The standard InChI is InChI=1S/C26H36ClNO4S/c1-19-14-21(6-9-25(19)32-17-22(29)15-27)26(2,3)20-4-7-24(8-5-20)31-18-23(30)16-28-10-12-33-13-11-28/h4-9,14,22-23,29-30H,10-13,15-18H2,1-3H3/t22-,23-/m1/s1. The molecule has 0 spiro atoms. The van der Waals surface area contributed by atoms with Gasteiger partial charge in [-0.3, -0.25) is 4.90 Å². The molecule has 2 N–H and O–H groups in total. The predicted octanol–water partition coefficient (Wildman–Crippen LogP) is 4.09. The first-order chi connectivity index (χ1) is 15.8. The number of aliphatic hydroxyl groups excluding tert-OH is 2. The van der Waals surface area contributed by atoms with Crippen LogP contribution in [0, 0.1) is 6.92 Å². The van der Waals surface area contributed by atoms with Crippen LogP contribution in [0.4, 0.5) is 0 Å². The van der Waals surface area contributed by atoms with Crippen molar-refractivity contribution in [2.45, 2.75) is 38.4 Å². The van der Waals surface area contributed by atoms with Crippen molar-refractivity contribution in [3.05, 3.63) is 59.2 Å². The van der Waals surface area contributed by atoms with Crippen molar-refractivity contribution >= 4 is 23.4 Å². The molecule has 2 aromatic rings. The Bertz CT molecular complexity index is 871. The third kappa shape index (κ3) is 7.52. The number of benzene rings is 2. The average Bonchev–Trinajstić information content (AvgIpc) is 2.82. The van der Waals surface area contributed by atoms with E-state index in [4.69, 9.17) is 21.1 Å². The average molecular weight is 494 g/mol. The molecule has 0 amide bonds. The molecule has 2 aromatic carbocycles. The van der Waals surface area contributed by atoms with Gasteiger partial charge in [0.25, 0.3) is 0 Å². The first-order valence-corrected chi connectivity index (χ1v) is 13.2. The van der Waals surface area contributed by atoms with Gasteiger partial charge in [0.1, 0.15) is 36.9 Å². The van der Waals surface area contributed by atoms with Crippen LogP contribution in [-0.4, -0.2) is 77.6 Å². The number of rotatable bonds is 11. The SMILES string of the molecule is Cc1cc(C(C)(C)c2ccc(OC[C@H](O)CN3CCSCC3)cc2)ccc1OC[C@H](O)CCl. The van der Waals surface area contributed by atoms with E-state index in [9.17, 15) is 10.2 Å². The number of aryl methyl sites for hydroxylation is 1. The topological polar surface area (TPSA) is 62.2 Å². The molecular formula is C26H36ClNO4S. The molecular weight excluding hydrogens is 458 g/mol. The van der Waals surface area contributed by atoms with Crippen LogP contribution < -0.4 is 9.47 Å². The molecule has 0 aromatic heterocycles. The van der Waals surface area contributed by atoms with Gasteiger partial charge in [0.2, 0.25) is 0 Å². The second-order valence-corrected chi connectivity index (χ2v) is 10.7. The van der Waals surface area contributed by atoms with Gasteiger partial charge in [-0.2, -0.15) is 11.8 Å². The van der Waals surface area contributed by atoms with Gasteiger partial charge in [-0.1, -0.05) is 38.1 Å². The number of aliphatic hydroxyl groups is 2. The van der Waals surface area contributed by atoms with Crippen LogP contribution in [0.1, 0.15) is 30.5 Å². The normalized spacial score (nSPS) is 16.9. The van der Waals surface area contributed by atoms with Crippen LogP contribution in [0.25, 0.3) is 0 Å². The summed E-state index contributed by atoms with van der Waals surface area (Å²) in [6.45, 7) is 9.60. The number of hydrogen-bond donors (Lipinski definition) is 2. The highest BCUT2D eigenvalue weighted by Gasteiger charge is 2.24. The van der Waals surface area contributed by atoms with E-state index in [0.717, 1.165) is 41.7 Å². The highest BCUT2D eigenvalue weighted by molar-refractivity contribution is 7.99. The molecule has 1 fully saturated rings. The molecule has 5 nitrogen and oxygen atoms in total. The largest absolute Gasteiger partial charge is 0.491 e. The van der Waals surface area contributed by atoms with Gasteiger partial charge in [-0.25, -0.2) is 0 Å². The summed E-state index contributed by atoms with van der Waals surface area (Å²) in [6.07, 6.45) is -1.16. The number of halogens is 1. The Hall–Kier alpha value is -1.44. The Labute approximate surface area is 207 Å². The Balaban J connectivity index is 1.57. The molecule has 0 unspecified atom stereocenters. The van der Waals surface area contributed by atoms with E-state index in [-0.39, 0.29) is 17.9 Å². The van der Waals surface area contributed by atoms with Crippen LogP contribution in [0.15, 0.2) is 42.5 Å². The minimum Gasteiger partial charge on any atom is -0.491 e. The Kier molecular flexibility index (Phi) is 9.77. The number of thioether (sulfide) groups is 1. The number of β-amino-alcohol motifs (C(OH)–C–C–N with tert-alkyl or cyclic N) is 1. The van der Waals surface area contributed by atoms with Crippen molar-refractivity contribution in [3.63, 3.8) is 0 Å². The van der Waals surface area contributed by atoms with E-state index >= 15 is 0 Å². The molecule has 0 aliphatic carbocycles. The van der Waals surface area contributed by atoms with Gasteiger partial charge < -0.3 is 19.7 Å². The molecule has 1 aliphatic heterocycles. The first kappa shape index (κ1) is 26.2. The highest BCUT2D eigenvalue weighted by atomic mass is 35.5. The molecule has 3 rings (SSSR count). The van der Waals surface area contributed by atoms with Crippen molar-refractivity contribution in [1.29, 1.82) is 0 Å². The molecule has 1 saturated heterocycles. The lowest BCUT2D eigenvalue weighted by atomic mass is 9.77. The fourth-order valence-electron chi connectivity index (χ4n) is 3.89. The van der Waals surface area contributed by atoms with Gasteiger partial charge in [0, 0.05) is 36.6 Å². The van der Waals surface area contributed by atoms with Crippen molar-refractivity contribution < 1.29 is 19.7 Å². The number of ether oxygens (including phenoxy) is 2. The van der Waals surface area contributed by atoms with Crippen molar-refractivity contribution in [3.8, 4) is 11.5 Å². The molecule has 182 valence electrons. The van der Waals surface area contributed by atoms with E-state index in [1.54, 1.807) is 0 Å². The maximum absolute atomic E-state index is 10.3. The molecule has 1 heterocycles. The lowest BCUT2D eigenvalue weighted by Gasteiger charge is -2.28. The lowest BCUT2D eigenvalue weighted by Crippen LogP contribution is -2.40. The quantitative estimate of drug-likeness (QED) is 0.460. The van der Waals surface area contributed by atoms with Crippen molar-refractivity contribution in [2.24, 2.45) is 0 Å². The second kappa shape index (κ2) is 12.3. The number of alkyl halides is 1. The third-order valence-corrected chi connectivity index (χ3v) is 7.40. The van der Waals surface area contributed by atoms with Gasteiger partial charge in [0.05, 0.1) is 5.88 Å². The third-order valence-electron chi connectivity index (χ3n) is 6.10. The van der Waals surface area contributed by atoms with Gasteiger partial charge >= 0.3 is 0 Å². The molecule has 1 aliphatic rings. The molecule has 2 atom stereocenters. The van der Waals surface area contributed by atoms with E-state index < -0.39 is 12.2 Å². The van der Waals surface area contributed by atoms with Crippen LogP contribution >= 0.6 is 23.4 Å². The Morgan fingerprint density at radius 1 is 0.970 bits per heavy atom. The zero-order chi connectivity index (χ0) is 23.8. The summed E-state index contributed by atoms with van der Waals surface area (Å²) in [6, 6.07) is 14.3. The maximum Gasteiger partial charge on any atom is 0.122 e. The van der Waals surface area contributed by atoms with Crippen LogP contribution in [-0.2, 0) is 5.41 Å². The summed E-state index contributed by atoms with van der Waals surface area (Å²) in [5.74, 6) is 3.94. The molecule has 33 heavy (non-hydrogen) atoms. The number of nitrogens with zero attached hydrogens (tertiary/aromatic N) is 1. The monoisotopic (exact) mass is 493 g/mol. The fourth-order valence-corrected chi connectivity index (χ4v) is 4.96. The maximum atomic E-state index is 10.3. The van der Waals surface area contributed by atoms with Crippen LogP contribution in [0.3, 0.4) is 0 Å². The summed E-state index contributed by atoms with van der Waals surface area (Å²) in [5, 5.41) is 19.9. The van der Waals surface area contributed by atoms with Crippen molar-refractivity contribution in [1.82, 2.24) is 4.90 Å². The second-order valence-electron chi connectivity index (χ2n) is 9.13. The molecule has 0 radical (unpaired) electrons. The van der Waals surface area contributed by atoms with Crippen molar-refractivity contribution in [2.75, 3.05) is 50.2 Å². The van der Waals surface area contributed by atoms with E-state index in [1.165, 1.54) is 11.1 Å².